The molecule has 0 aromatic heterocycles. The minimum absolute atomic E-state index is 0. The van der Waals surface area contributed by atoms with Crippen LogP contribution in [0, 0.1) is 0 Å². The van der Waals surface area contributed by atoms with Gasteiger partial charge in [-0.2, -0.15) is 0 Å². The number of halogens is 1. The lowest BCUT2D eigenvalue weighted by Crippen LogP contribution is -2.36. The second-order valence-corrected chi connectivity index (χ2v) is 6.09. The van der Waals surface area contributed by atoms with E-state index in [1.807, 2.05) is 30.3 Å². The minimum atomic E-state index is -0.114. The highest BCUT2D eigenvalue weighted by Crippen LogP contribution is 2.38. The summed E-state index contributed by atoms with van der Waals surface area (Å²) in [4.78, 5) is 16.0. The molecule has 0 spiro atoms. The van der Waals surface area contributed by atoms with Gasteiger partial charge in [0.15, 0.2) is 17.5 Å². The molecule has 0 aliphatic carbocycles. The maximum absolute atomic E-state index is 11.8. The molecule has 0 unspecified atom stereocenters. The Morgan fingerprint density at radius 2 is 1.53 bits per heavy atom. The summed E-state index contributed by atoms with van der Waals surface area (Å²) in [5.74, 6) is 2.26. The number of hydrogen-bond donors (Lipinski definition) is 3. The molecule has 9 heteroatoms. The van der Waals surface area contributed by atoms with Gasteiger partial charge in [0.25, 0.3) is 5.91 Å². The van der Waals surface area contributed by atoms with Gasteiger partial charge in [-0.25, -0.2) is 0 Å². The molecule has 0 saturated heterocycles. The highest BCUT2D eigenvalue weighted by atomic mass is 127. The summed E-state index contributed by atoms with van der Waals surface area (Å²) >= 11 is 0. The fraction of sp³-hybridized carbons (Fsp3) is 0.333. The van der Waals surface area contributed by atoms with E-state index in [2.05, 4.69) is 20.9 Å². The summed E-state index contributed by atoms with van der Waals surface area (Å²) in [6, 6.07) is 11.2. The smallest absolute Gasteiger partial charge is 0.251 e. The number of amides is 1. The highest BCUT2D eigenvalue weighted by Gasteiger charge is 2.13. The second kappa shape index (κ2) is 12.8. The molecule has 0 aliphatic rings. The Morgan fingerprint density at radius 1 is 0.933 bits per heavy atom. The first-order valence-electron chi connectivity index (χ1n) is 9.10. The number of rotatable bonds is 8. The Balaban J connectivity index is 0.00000450. The van der Waals surface area contributed by atoms with E-state index in [1.54, 1.807) is 41.5 Å². The molecule has 0 atom stereocenters. The average Bonchev–Trinajstić information content (AvgIpc) is 2.77. The van der Waals surface area contributed by atoms with Crippen molar-refractivity contribution in [3.63, 3.8) is 0 Å². The molecule has 30 heavy (non-hydrogen) atoms. The molecule has 0 aliphatic heterocycles. The van der Waals surface area contributed by atoms with E-state index in [4.69, 9.17) is 14.2 Å². The molecular weight excluding hydrogens is 499 g/mol. The van der Waals surface area contributed by atoms with Crippen molar-refractivity contribution in [2.45, 2.75) is 13.1 Å². The van der Waals surface area contributed by atoms with Gasteiger partial charge < -0.3 is 30.2 Å². The SMILES string of the molecule is CN=C(NCc1cccc(C(=O)NC)c1)NCc1cc(OC)c(OC)c(OC)c1.I. The lowest BCUT2D eigenvalue weighted by Gasteiger charge is -2.16. The van der Waals surface area contributed by atoms with E-state index < -0.39 is 0 Å². The number of methoxy groups -OCH3 is 3. The van der Waals surface area contributed by atoms with E-state index in [-0.39, 0.29) is 29.9 Å². The zero-order valence-corrected chi connectivity index (χ0v) is 20.2. The molecule has 8 nitrogen and oxygen atoms in total. The van der Waals surface area contributed by atoms with E-state index in [1.165, 1.54) is 0 Å². The van der Waals surface area contributed by atoms with Crippen LogP contribution in [0.5, 0.6) is 17.2 Å². The summed E-state index contributed by atoms with van der Waals surface area (Å²) in [6.45, 7) is 1.04. The third-order valence-electron chi connectivity index (χ3n) is 4.28. The van der Waals surface area contributed by atoms with Gasteiger partial charge in [-0.3, -0.25) is 9.79 Å². The van der Waals surface area contributed by atoms with Crippen molar-refractivity contribution in [1.29, 1.82) is 0 Å². The van der Waals surface area contributed by atoms with Crippen LogP contribution in [0.4, 0.5) is 0 Å². The number of benzene rings is 2. The third kappa shape index (κ3) is 6.68. The first-order chi connectivity index (χ1) is 14.1. The van der Waals surface area contributed by atoms with Crippen LogP contribution in [0.2, 0.25) is 0 Å². The maximum atomic E-state index is 11.8. The van der Waals surface area contributed by atoms with Crippen molar-refractivity contribution in [2.75, 3.05) is 35.4 Å². The number of nitrogens with zero attached hydrogens (tertiary/aromatic N) is 1. The normalized spacial score (nSPS) is 10.5. The Morgan fingerprint density at radius 3 is 2.03 bits per heavy atom. The summed E-state index contributed by atoms with van der Waals surface area (Å²) in [5.41, 5.74) is 2.54. The van der Waals surface area contributed by atoms with Gasteiger partial charge in [-0.1, -0.05) is 12.1 Å². The quantitative estimate of drug-likeness (QED) is 0.277. The van der Waals surface area contributed by atoms with Crippen LogP contribution in [0.3, 0.4) is 0 Å². The number of guanidine groups is 1. The van der Waals surface area contributed by atoms with Crippen molar-refractivity contribution >= 4 is 35.8 Å². The Kier molecular flexibility index (Phi) is 10.8. The summed E-state index contributed by atoms with van der Waals surface area (Å²) < 4.78 is 16.1. The molecule has 0 saturated carbocycles. The van der Waals surface area contributed by atoms with Gasteiger partial charge in [-0.15, -0.1) is 24.0 Å². The average molecular weight is 528 g/mol. The van der Waals surface area contributed by atoms with Crippen molar-refractivity contribution < 1.29 is 19.0 Å². The topological polar surface area (TPSA) is 93.2 Å². The lowest BCUT2D eigenvalue weighted by atomic mass is 10.1. The number of carbonyl (C=O) groups is 1. The van der Waals surface area contributed by atoms with Crippen molar-refractivity contribution in [2.24, 2.45) is 4.99 Å². The molecular formula is C21H29IN4O4. The monoisotopic (exact) mass is 528 g/mol. The molecule has 2 rings (SSSR count). The number of hydrogen-bond acceptors (Lipinski definition) is 5. The van der Waals surface area contributed by atoms with Crippen molar-refractivity contribution in [1.82, 2.24) is 16.0 Å². The molecule has 3 N–H and O–H groups in total. The molecule has 1 amide bonds. The first kappa shape index (κ1) is 25.3. The summed E-state index contributed by atoms with van der Waals surface area (Å²) in [5, 5.41) is 9.12. The zero-order chi connectivity index (χ0) is 21.2. The van der Waals surface area contributed by atoms with Gasteiger partial charge in [0.1, 0.15) is 0 Å². The van der Waals surface area contributed by atoms with Crippen LogP contribution in [-0.2, 0) is 13.1 Å². The molecule has 164 valence electrons. The predicted octanol–water partition coefficient (Wildman–Crippen LogP) is 2.56. The molecule has 0 bridgehead atoms. The Labute approximate surface area is 194 Å². The van der Waals surface area contributed by atoms with Gasteiger partial charge in [0, 0.05) is 32.7 Å². The summed E-state index contributed by atoms with van der Waals surface area (Å²) in [6.07, 6.45) is 0. The standard InChI is InChI=1S/C21H28N4O4.HI/c1-22-20(26)16-8-6-7-14(9-16)12-24-21(23-2)25-13-15-10-17(27-3)19(29-5)18(11-15)28-4;/h6-11H,12-13H2,1-5H3,(H,22,26)(H2,23,24,25);1H. The van der Waals surface area contributed by atoms with Gasteiger partial charge in [0.2, 0.25) is 5.75 Å². The van der Waals surface area contributed by atoms with Crippen LogP contribution in [0.1, 0.15) is 21.5 Å². The number of ether oxygens (including phenoxy) is 3. The fourth-order valence-electron chi connectivity index (χ4n) is 2.80. The van der Waals surface area contributed by atoms with Gasteiger partial charge in [0.05, 0.1) is 21.3 Å². The van der Waals surface area contributed by atoms with Gasteiger partial charge >= 0.3 is 0 Å². The van der Waals surface area contributed by atoms with Crippen LogP contribution < -0.4 is 30.2 Å². The number of carbonyl (C=O) groups excluding carboxylic acids is 1. The molecule has 0 heterocycles. The van der Waals surface area contributed by atoms with E-state index in [0.717, 1.165) is 11.1 Å². The fourth-order valence-corrected chi connectivity index (χ4v) is 2.80. The van der Waals surface area contributed by atoms with E-state index in [9.17, 15) is 4.79 Å². The van der Waals surface area contributed by atoms with Gasteiger partial charge in [-0.05, 0) is 35.4 Å². The van der Waals surface area contributed by atoms with E-state index in [0.29, 0.717) is 41.9 Å². The molecule has 2 aromatic rings. The molecule has 0 radical (unpaired) electrons. The Hall–Kier alpha value is -2.69. The van der Waals surface area contributed by atoms with Crippen LogP contribution >= 0.6 is 24.0 Å². The highest BCUT2D eigenvalue weighted by molar-refractivity contribution is 14.0. The van der Waals surface area contributed by atoms with Crippen LogP contribution in [-0.4, -0.2) is 47.3 Å². The summed E-state index contributed by atoms with van der Waals surface area (Å²) in [7, 11) is 8.06. The van der Waals surface area contributed by atoms with Crippen molar-refractivity contribution in [3.8, 4) is 17.2 Å². The minimum Gasteiger partial charge on any atom is -0.493 e. The van der Waals surface area contributed by atoms with Crippen LogP contribution in [0.15, 0.2) is 41.4 Å². The van der Waals surface area contributed by atoms with E-state index >= 15 is 0 Å². The Bertz CT molecular complexity index is 849. The number of aliphatic imine (C=N–C) groups is 1. The second-order valence-electron chi connectivity index (χ2n) is 6.09. The zero-order valence-electron chi connectivity index (χ0n) is 17.9. The largest absolute Gasteiger partial charge is 0.493 e. The molecule has 0 fully saturated rings. The first-order valence-corrected chi connectivity index (χ1v) is 9.10. The third-order valence-corrected chi connectivity index (χ3v) is 4.28. The maximum Gasteiger partial charge on any atom is 0.251 e. The number of nitrogens with one attached hydrogen (secondary N) is 3. The predicted molar refractivity (Wildman–Crippen MR) is 128 cm³/mol. The van der Waals surface area contributed by atoms with Crippen molar-refractivity contribution in [3.05, 3.63) is 53.1 Å². The lowest BCUT2D eigenvalue weighted by molar-refractivity contribution is 0.0963. The molecule has 2 aromatic carbocycles. The van der Waals surface area contributed by atoms with Crippen LogP contribution in [0.25, 0.3) is 0 Å².